The summed E-state index contributed by atoms with van der Waals surface area (Å²) in [6.45, 7) is 0.0892. The third-order valence-corrected chi connectivity index (χ3v) is 4.62. The van der Waals surface area contributed by atoms with Crippen molar-refractivity contribution in [1.29, 1.82) is 0 Å². The number of amides is 1. The van der Waals surface area contributed by atoms with Crippen LogP contribution in [0.1, 0.15) is 16.1 Å². The summed E-state index contributed by atoms with van der Waals surface area (Å²) in [5.41, 5.74) is 2.44. The summed E-state index contributed by atoms with van der Waals surface area (Å²) < 4.78 is 22.7. The van der Waals surface area contributed by atoms with Gasteiger partial charge in [-0.05, 0) is 11.4 Å². The van der Waals surface area contributed by atoms with Crippen molar-refractivity contribution in [2.75, 3.05) is 12.8 Å². The van der Waals surface area contributed by atoms with Crippen LogP contribution in [0, 0.1) is 0 Å². The molecule has 1 aliphatic heterocycles. The fraction of sp³-hybridized carbons (Fsp3) is 0.231. The quantitative estimate of drug-likeness (QED) is 0.535. The number of sulfonamides is 1. The highest BCUT2D eigenvalue weighted by atomic mass is 79.9. The molecule has 0 fully saturated rings. The van der Waals surface area contributed by atoms with Crippen LogP contribution in [-0.2, 0) is 14.8 Å². The maximum atomic E-state index is 12.1. The Balaban J connectivity index is 2.05. The molecular formula is C13H14BrN3O4S2. The van der Waals surface area contributed by atoms with Gasteiger partial charge in [-0.1, -0.05) is 22.0 Å². The van der Waals surface area contributed by atoms with Crippen LogP contribution in [0.2, 0.25) is 0 Å². The highest BCUT2D eigenvalue weighted by Gasteiger charge is 2.19. The van der Waals surface area contributed by atoms with Crippen molar-refractivity contribution in [3.8, 4) is 0 Å². The van der Waals surface area contributed by atoms with Gasteiger partial charge < -0.3 is 4.90 Å². The van der Waals surface area contributed by atoms with E-state index in [0.29, 0.717) is 21.4 Å². The van der Waals surface area contributed by atoms with Crippen LogP contribution < -0.4 is 10.3 Å². The highest BCUT2D eigenvalue weighted by Crippen LogP contribution is 2.24. The number of nitrogens with zero attached hydrogens (tertiary/aromatic N) is 1. The number of thiophene rings is 1. The van der Waals surface area contributed by atoms with Gasteiger partial charge in [0.05, 0.1) is 17.7 Å². The summed E-state index contributed by atoms with van der Waals surface area (Å²) in [5, 5.41) is 1.82. The zero-order chi connectivity index (χ0) is 17.0. The lowest BCUT2D eigenvalue weighted by molar-refractivity contribution is -0.118. The van der Waals surface area contributed by atoms with Crippen molar-refractivity contribution in [3.05, 3.63) is 44.8 Å². The average Bonchev–Trinajstić information content (AvgIpc) is 2.97. The fourth-order valence-corrected chi connectivity index (χ4v) is 3.32. The first-order valence-electron chi connectivity index (χ1n) is 6.41. The summed E-state index contributed by atoms with van der Waals surface area (Å²) in [6.07, 6.45) is 4.48. The fourth-order valence-electron chi connectivity index (χ4n) is 1.82. The van der Waals surface area contributed by atoms with Crippen molar-refractivity contribution < 1.29 is 18.0 Å². The summed E-state index contributed by atoms with van der Waals surface area (Å²) in [5.74, 6) is -0.641. The van der Waals surface area contributed by atoms with E-state index in [2.05, 4.69) is 21.4 Å². The molecule has 23 heavy (non-hydrogen) atoms. The number of nitrogens with one attached hydrogen (secondary N) is 2. The van der Waals surface area contributed by atoms with Crippen LogP contribution in [0.25, 0.3) is 0 Å². The van der Waals surface area contributed by atoms with Gasteiger partial charge in [0.2, 0.25) is 10.0 Å². The number of allylic oxidation sites excluding steroid dienone is 1. The number of carbonyl (C=O) groups is 2. The van der Waals surface area contributed by atoms with E-state index in [1.807, 2.05) is 10.2 Å². The summed E-state index contributed by atoms with van der Waals surface area (Å²) >= 11 is 4.67. The molecule has 1 aromatic heterocycles. The van der Waals surface area contributed by atoms with Gasteiger partial charge in [-0.2, -0.15) is 0 Å². The number of Topliss-reactive ketones (excluding diaryl/α,β-unsaturated/α-hetero) is 1. The average molecular weight is 420 g/mol. The summed E-state index contributed by atoms with van der Waals surface area (Å²) in [7, 11) is -3.54. The molecule has 1 aliphatic rings. The van der Waals surface area contributed by atoms with Gasteiger partial charge in [0.15, 0.2) is 5.78 Å². The molecule has 0 radical (unpaired) electrons. The Morgan fingerprint density at radius 1 is 1.39 bits per heavy atom. The van der Waals surface area contributed by atoms with Crippen molar-refractivity contribution >= 4 is 49.0 Å². The molecule has 0 bridgehead atoms. The van der Waals surface area contributed by atoms with E-state index in [1.54, 1.807) is 23.2 Å². The molecule has 2 N–H and O–H groups in total. The minimum Gasteiger partial charge on any atom is -0.345 e. The monoisotopic (exact) mass is 419 g/mol. The third kappa shape index (κ3) is 5.57. The first-order chi connectivity index (χ1) is 10.7. The van der Waals surface area contributed by atoms with E-state index >= 15 is 0 Å². The van der Waals surface area contributed by atoms with Crippen LogP contribution in [0.4, 0.5) is 0 Å². The van der Waals surface area contributed by atoms with E-state index in [4.69, 9.17) is 0 Å². The number of rotatable bonds is 6. The molecular weight excluding hydrogens is 406 g/mol. The molecule has 1 aromatic rings. The highest BCUT2D eigenvalue weighted by molar-refractivity contribution is 9.11. The van der Waals surface area contributed by atoms with E-state index in [9.17, 15) is 18.0 Å². The first kappa shape index (κ1) is 17.9. The van der Waals surface area contributed by atoms with E-state index in [0.717, 1.165) is 6.26 Å². The molecule has 1 amide bonds. The van der Waals surface area contributed by atoms with Crippen molar-refractivity contribution in [1.82, 2.24) is 15.2 Å². The van der Waals surface area contributed by atoms with Crippen molar-refractivity contribution in [2.24, 2.45) is 0 Å². The second-order valence-electron chi connectivity index (χ2n) is 4.81. The Kier molecular flexibility index (Phi) is 5.74. The second kappa shape index (κ2) is 7.39. The maximum Gasteiger partial charge on any atom is 0.263 e. The molecule has 0 spiro atoms. The van der Waals surface area contributed by atoms with Crippen molar-refractivity contribution in [2.45, 2.75) is 6.42 Å². The molecule has 0 atom stereocenters. The Labute approximate surface area is 146 Å². The van der Waals surface area contributed by atoms with Crippen LogP contribution in [0.5, 0.6) is 0 Å². The molecule has 0 aliphatic carbocycles. The molecule has 124 valence electrons. The number of hydrazine groups is 1. The van der Waals surface area contributed by atoms with Crippen LogP contribution in [0.3, 0.4) is 0 Å². The molecule has 2 rings (SSSR count). The number of hydrogen-bond acceptors (Lipinski definition) is 6. The molecule has 0 saturated carbocycles. The second-order valence-corrected chi connectivity index (χ2v) is 8.52. The van der Waals surface area contributed by atoms with Gasteiger partial charge in [-0.3, -0.25) is 15.0 Å². The zero-order valence-corrected chi connectivity index (χ0v) is 15.3. The lowest BCUT2D eigenvalue weighted by atomic mass is 10.1. The molecule has 2 heterocycles. The first-order valence-corrected chi connectivity index (χ1v) is 9.97. The number of ketones is 1. The van der Waals surface area contributed by atoms with E-state index < -0.39 is 15.9 Å². The molecule has 0 unspecified atom stereocenters. The minimum absolute atomic E-state index is 0.0660. The van der Waals surface area contributed by atoms with Gasteiger partial charge in [-0.25, -0.2) is 8.42 Å². The lowest BCUT2D eigenvalue weighted by Crippen LogP contribution is -2.42. The smallest absolute Gasteiger partial charge is 0.263 e. The summed E-state index contributed by atoms with van der Waals surface area (Å²) in [6, 6.07) is 3.54. The van der Waals surface area contributed by atoms with E-state index in [1.165, 1.54) is 17.5 Å². The van der Waals surface area contributed by atoms with Gasteiger partial charge in [-0.15, -0.1) is 16.2 Å². The lowest BCUT2D eigenvalue weighted by Gasteiger charge is -2.22. The zero-order valence-electron chi connectivity index (χ0n) is 12.1. The molecule has 0 saturated heterocycles. The Bertz CT molecular complexity index is 769. The molecule has 7 nitrogen and oxygen atoms in total. The van der Waals surface area contributed by atoms with Gasteiger partial charge in [0.1, 0.15) is 0 Å². The predicted molar refractivity (Wildman–Crippen MR) is 91.2 cm³/mol. The Morgan fingerprint density at radius 3 is 2.74 bits per heavy atom. The van der Waals surface area contributed by atoms with Crippen LogP contribution in [0.15, 0.2) is 40.0 Å². The Hall–Kier alpha value is -1.49. The number of carbonyl (C=O) groups excluding carboxylic acids is 2. The van der Waals surface area contributed by atoms with Gasteiger partial charge in [0, 0.05) is 28.9 Å². The normalized spacial score (nSPS) is 15.0. The summed E-state index contributed by atoms with van der Waals surface area (Å²) in [4.78, 5) is 28.3. The largest absolute Gasteiger partial charge is 0.345 e. The number of hydrogen-bond donors (Lipinski definition) is 2. The minimum atomic E-state index is -3.54. The van der Waals surface area contributed by atoms with Crippen LogP contribution in [-0.4, -0.2) is 37.8 Å². The van der Waals surface area contributed by atoms with Gasteiger partial charge in [0.25, 0.3) is 5.91 Å². The van der Waals surface area contributed by atoms with Crippen LogP contribution >= 0.6 is 27.3 Å². The third-order valence-electron chi connectivity index (χ3n) is 2.75. The molecule has 10 heteroatoms. The number of halogens is 1. The van der Waals surface area contributed by atoms with E-state index in [-0.39, 0.29) is 12.3 Å². The molecule has 0 aromatic carbocycles. The van der Waals surface area contributed by atoms with Crippen molar-refractivity contribution in [3.63, 3.8) is 0 Å². The van der Waals surface area contributed by atoms with Gasteiger partial charge >= 0.3 is 0 Å². The SMILES string of the molecule is CS(=O)(=O)NNC(=O)C1=CN(CC(=O)c2cccs2)C=C(Br)C1. The Morgan fingerprint density at radius 2 is 2.13 bits per heavy atom. The topological polar surface area (TPSA) is 95.6 Å². The standard InChI is InChI=1S/C13H14BrN3O4S2/c1-23(20,21)16-15-13(19)9-5-10(14)7-17(6-9)8-11(18)12-3-2-4-22-12/h2-4,6-7,16H,5,8H2,1H3,(H,15,19). The maximum absolute atomic E-state index is 12.1. The predicted octanol–water partition coefficient (Wildman–Crippen LogP) is 1.34.